The number of anilines is 1. The molecule has 1 N–H and O–H groups in total. The summed E-state index contributed by atoms with van der Waals surface area (Å²) in [6, 6.07) is 7.59. The van der Waals surface area contributed by atoms with Gasteiger partial charge in [-0.3, -0.25) is 4.79 Å². The zero-order chi connectivity index (χ0) is 15.8. The molecule has 2 rings (SSSR count). The number of rotatable bonds is 8. The lowest BCUT2D eigenvalue weighted by atomic mass is 10.1. The average molecular weight is 306 g/mol. The molecule has 1 aliphatic rings. The first-order valence-corrected chi connectivity index (χ1v) is 7.88. The van der Waals surface area contributed by atoms with Crippen molar-refractivity contribution in [2.45, 2.75) is 12.8 Å². The number of carbonyl (C=O) groups is 1. The van der Waals surface area contributed by atoms with Crippen molar-refractivity contribution in [2.24, 2.45) is 5.92 Å². The fourth-order valence-corrected chi connectivity index (χ4v) is 2.35. The van der Waals surface area contributed by atoms with Gasteiger partial charge < -0.3 is 19.7 Å². The number of carbonyl (C=O) groups excluding carboxylic acids is 1. The van der Waals surface area contributed by atoms with Gasteiger partial charge in [0.25, 0.3) is 5.91 Å². The van der Waals surface area contributed by atoms with Gasteiger partial charge in [0, 0.05) is 51.0 Å². The van der Waals surface area contributed by atoms with Gasteiger partial charge in [0.15, 0.2) is 0 Å². The fourth-order valence-electron chi connectivity index (χ4n) is 2.35. The Morgan fingerprint density at radius 3 is 2.77 bits per heavy atom. The van der Waals surface area contributed by atoms with Gasteiger partial charge in [-0.1, -0.05) is 0 Å². The van der Waals surface area contributed by atoms with Gasteiger partial charge in [-0.25, -0.2) is 0 Å². The van der Waals surface area contributed by atoms with Gasteiger partial charge in [0.1, 0.15) is 0 Å². The van der Waals surface area contributed by atoms with E-state index in [4.69, 9.17) is 9.47 Å². The van der Waals surface area contributed by atoms with Gasteiger partial charge in [-0.05, 0) is 37.1 Å². The highest BCUT2D eigenvalue weighted by atomic mass is 16.5. The zero-order valence-corrected chi connectivity index (χ0v) is 13.5. The fraction of sp³-hybridized carbons (Fsp3) is 0.588. The number of nitrogens with one attached hydrogen (secondary N) is 1. The molecule has 1 aromatic rings. The number of hydrogen-bond acceptors (Lipinski definition) is 4. The van der Waals surface area contributed by atoms with E-state index in [1.54, 1.807) is 0 Å². The second-order valence-electron chi connectivity index (χ2n) is 5.86. The van der Waals surface area contributed by atoms with Crippen molar-refractivity contribution in [1.82, 2.24) is 5.32 Å². The Hall–Kier alpha value is -1.59. The third kappa shape index (κ3) is 5.31. The van der Waals surface area contributed by atoms with Crippen molar-refractivity contribution in [3.8, 4) is 0 Å². The molecule has 0 saturated carbocycles. The summed E-state index contributed by atoms with van der Waals surface area (Å²) in [5.74, 6) is 0.513. The number of ether oxygens (including phenoxy) is 2. The van der Waals surface area contributed by atoms with Gasteiger partial charge in [-0.2, -0.15) is 0 Å². The molecule has 1 unspecified atom stereocenters. The molecule has 0 spiro atoms. The Morgan fingerprint density at radius 2 is 2.14 bits per heavy atom. The SMILES string of the molecule is CN(C)c1ccc(C(=O)NCCCOCC2CCOC2)cc1. The van der Waals surface area contributed by atoms with Gasteiger partial charge in [0.2, 0.25) is 0 Å². The zero-order valence-electron chi connectivity index (χ0n) is 13.5. The number of nitrogens with zero attached hydrogens (tertiary/aromatic N) is 1. The van der Waals surface area contributed by atoms with E-state index < -0.39 is 0 Å². The summed E-state index contributed by atoms with van der Waals surface area (Å²) < 4.78 is 10.9. The van der Waals surface area contributed by atoms with E-state index in [0.717, 1.165) is 38.3 Å². The molecule has 1 atom stereocenters. The normalized spacial score (nSPS) is 17.5. The van der Waals surface area contributed by atoms with Crippen LogP contribution in [0.15, 0.2) is 24.3 Å². The molecular weight excluding hydrogens is 280 g/mol. The molecule has 0 aliphatic carbocycles. The van der Waals surface area contributed by atoms with Crippen molar-refractivity contribution in [1.29, 1.82) is 0 Å². The van der Waals surface area contributed by atoms with E-state index in [2.05, 4.69) is 5.32 Å². The highest BCUT2D eigenvalue weighted by Crippen LogP contribution is 2.13. The van der Waals surface area contributed by atoms with Crippen LogP contribution in [0.3, 0.4) is 0 Å². The second-order valence-corrected chi connectivity index (χ2v) is 5.86. The highest BCUT2D eigenvalue weighted by Gasteiger charge is 2.15. The molecule has 0 bridgehead atoms. The summed E-state index contributed by atoms with van der Waals surface area (Å²) in [7, 11) is 3.96. The van der Waals surface area contributed by atoms with Gasteiger partial charge in [0.05, 0.1) is 13.2 Å². The van der Waals surface area contributed by atoms with Crippen molar-refractivity contribution in [3.05, 3.63) is 29.8 Å². The molecule has 0 radical (unpaired) electrons. The quantitative estimate of drug-likeness (QED) is 0.746. The van der Waals surface area contributed by atoms with Crippen molar-refractivity contribution in [3.63, 3.8) is 0 Å². The maximum Gasteiger partial charge on any atom is 0.251 e. The topological polar surface area (TPSA) is 50.8 Å². The first kappa shape index (κ1) is 16.8. The van der Waals surface area contributed by atoms with Crippen LogP contribution in [0.1, 0.15) is 23.2 Å². The first-order chi connectivity index (χ1) is 10.7. The van der Waals surface area contributed by atoms with Crippen LogP contribution in [-0.2, 0) is 9.47 Å². The van der Waals surface area contributed by atoms with Crippen LogP contribution in [0.5, 0.6) is 0 Å². The molecule has 122 valence electrons. The lowest BCUT2D eigenvalue weighted by Gasteiger charge is -2.12. The standard InChI is InChI=1S/C17H26N2O3/c1-19(2)16-6-4-15(5-7-16)17(20)18-9-3-10-21-12-14-8-11-22-13-14/h4-7,14H,3,8-13H2,1-2H3,(H,18,20). The molecule has 1 aliphatic heterocycles. The molecule has 0 aromatic heterocycles. The first-order valence-electron chi connectivity index (χ1n) is 7.88. The largest absolute Gasteiger partial charge is 0.381 e. The van der Waals surface area contributed by atoms with E-state index in [-0.39, 0.29) is 5.91 Å². The van der Waals surface area contributed by atoms with Crippen LogP contribution in [-0.4, -0.2) is 53.0 Å². The Morgan fingerprint density at radius 1 is 1.36 bits per heavy atom. The molecule has 22 heavy (non-hydrogen) atoms. The van der Waals surface area contributed by atoms with E-state index in [1.165, 1.54) is 0 Å². The minimum Gasteiger partial charge on any atom is -0.381 e. The minimum absolute atomic E-state index is 0.0329. The van der Waals surface area contributed by atoms with E-state index in [1.807, 2.05) is 43.3 Å². The molecule has 1 saturated heterocycles. The van der Waals surface area contributed by atoms with Crippen LogP contribution >= 0.6 is 0 Å². The molecule has 1 amide bonds. The third-order valence-electron chi connectivity index (χ3n) is 3.77. The maximum atomic E-state index is 12.0. The Balaban J connectivity index is 1.58. The Kier molecular flexibility index (Phi) is 6.68. The highest BCUT2D eigenvalue weighted by molar-refractivity contribution is 5.94. The van der Waals surface area contributed by atoms with Gasteiger partial charge in [-0.15, -0.1) is 0 Å². The lowest BCUT2D eigenvalue weighted by molar-refractivity contribution is 0.0853. The maximum absolute atomic E-state index is 12.0. The number of benzene rings is 1. The summed E-state index contributed by atoms with van der Waals surface area (Å²) in [5.41, 5.74) is 1.77. The second kappa shape index (κ2) is 8.76. The van der Waals surface area contributed by atoms with Crippen LogP contribution in [0.4, 0.5) is 5.69 Å². The summed E-state index contributed by atoms with van der Waals surface area (Å²) in [4.78, 5) is 14.0. The monoisotopic (exact) mass is 306 g/mol. The van der Waals surface area contributed by atoms with Crippen molar-refractivity contribution in [2.75, 3.05) is 52.0 Å². The average Bonchev–Trinajstić information content (AvgIpc) is 3.04. The number of hydrogen-bond donors (Lipinski definition) is 1. The molecule has 1 heterocycles. The van der Waals surface area contributed by atoms with Crippen molar-refractivity contribution >= 4 is 11.6 Å². The van der Waals surface area contributed by atoms with E-state index in [9.17, 15) is 4.79 Å². The van der Waals surface area contributed by atoms with Crippen LogP contribution < -0.4 is 10.2 Å². The molecule has 1 aromatic carbocycles. The predicted octanol–water partition coefficient (Wildman–Crippen LogP) is 1.93. The third-order valence-corrected chi connectivity index (χ3v) is 3.77. The lowest BCUT2D eigenvalue weighted by Crippen LogP contribution is -2.25. The summed E-state index contributed by atoms with van der Waals surface area (Å²) in [6.07, 6.45) is 1.93. The molecule has 1 fully saturated rings. The summed E-state index contributed by atoms with van der Waals surface area (Å²) in [6.45, 7) is 3.75. The van der Waals surface area contributed by atoms with Gasteiger partial charge >= 0.3 is 0 Å². The van der Waals surface area contributed by atoms with Crippen molar-refractivity contribution < 1.29 is 14.3 Å². The van der Waals surface area contributed by atoms with Crippen LogP contribution in [0, 0.1) is 5.92 Å². The minimum atomic E-state index is -0.0329. The Bertz CT molecular complexity index is 453. The Labute approximate surface area is 132 Å². The van der Waals surface area contributed by atoms with E-state index in [0.29, 0.717) is 24.6 Å². The number of amides is 1. The van der Waals surface area contributed by atoms with Crippen LogP contribution in [0.2, 0.25) is 0 Å². The summed E-state index contributed by atoms with van der Waals surface area (Å²) >= 11 is 0. The smallest absolute Gasteiger partial charge is 0.251 e. The molecular formula is C17H26N2O3. The predicted molar refractivity (Wildman–Crippen MR) is 87.5 cm³/mol. The molecule has 5 heteroatoms. The van der Waals surface area contributed by atoms with Crippen LogP contribution in [0.25, 0.3) is 0 Å². The van der Waals surface area contributed by atoms with E-state index >= 15 is 0 Å². The molecule has 5 nitrogen and oxygen atoms in total. The summed E-state index contributed by atoms with van der Waals surface area (Å²) in [5, 5.41) is 2.92.